The summed E-state index contributed by atoms with van der Waals surface area (Å²) in [6.45, 7) is 9.65. The number of morpholine rings is 1. The number of anilines is 1. The van der Waals surface area contributed by atoms with Gasteiger partial charge in [-0.3, -0.25) is 14.7 Å². The van der Waals surface area contributed by atoms with E-state index in [1.807, 2.05) is 0 Å². The Morgan fingerprint density at radius 3 is 2.48 bits per heavy atom. The molecular formula is C25H32N4O2. The summed E-state index contributed by atoms with van der Waals surface area (Å²) in [6.07, 6.45) is 4.25. The number of fused-ring (bicyclic) bond motifs is 6. The minimum Gasteiger partial charge on any atom is -0.372 e. The van der Waals surface area contributed by atoms with Crippen LogP contribution in [0.15, 0.2) is 29.1 Å². The van der Waals surface area contributed by atoms with Gasteiger partial charge >= 0.3 is 0 Å². The van der Waals surface area contributed by atoms with Gasteiger partial charge in [-0.1, -0.05) is 6.07 Å². The fourth-order valence-corrected chi connectivity index (χ4v) is 6.39. The van der Waals surface area contributed by atoms with E-state index in [-0.39, 0.29) is 5.56 Å². The van der Waals surface area contributed by atoms with Crippen molar-refractivity contribution in [2.45, 2.75) is 64.3 Å². The van der Waals surface area contributed by atoms with Crippen molar-refractivity contribution in [1.82, 2.24) is 14.5 Å². The van der Waals surface area contributed by atoms with Crippen molar-refractivity contribution >= 4 is 5.69 Å². The Morgan fingerprint density at radius 2 is 1.74 bits per heavy atom. The smallest absolute Gasteiger partial charge is 0.255 e. The molecule has 4 bridgehead atoms. The number of hydrogen-bond acceptors (Lipinski definition) is 5. The zero-order valence-electron chi connectivity index (χ0n) is 18.6. The molecule has 2 aromatic rings. The van der Waals surface area contributed by atoms with Gasteiger partial charge in [0.1, 0.15) is 0 Å². The second-order valence-corrected chi connectivity index (χ2v) is 10.2. The average Bonchev–Trinajstić information content (AvgIpc) is 3.07. The third-order valence-corrected chi connectivity index (χ3v) is 7.63. The molecule has 6 heteroatoms. The zero-order valence-corrected chi connectivity index (χ0v) is 18.6. The van der Waals surface area contributed by atoms with E-state index in [1.165, 1.54) is 30.6 Å². The second-order valence-electron chi connectivity index (χ2n) is 10.2. The molecule has 3 saturated heterocycles. The zero-order chi connectivity index (χ0) is 21.1. The maximum atomic E-state index is 13.4. The van der Waals surface area contributed by atoms with Gasteiger partial charge in [0.2, 0.25) is 0 Å². The lowest BCUT2D eigenvalue weighted by Gasteiger charge is -2.44. The van der Waals surface area contributed by atoms with Gasteiger partial charge in [0.15, 0.2) is 0 Å². The van der Waals surface area contributed by atoms with E-state index in [0.29, 0.717) is 24.0 Å². The van der Waals surface area contributed by atoms with Crippen LogP contribution in [0.5, 0.6) is 0 Å². The van der Waals surface area contributed by atoms with Gasteiger partial charge in [-0.2, -0.15) is 0 Å². The van der Waals surface area contributed by atoms with E-state index in [9.17, 15) is 4.79 Å². The molecule has 0 saturated carbocycles. The van der Waals surface area contributed by atoms with Gasteiger partial charge in [-0.15, -0.1) is 0 Å². The van der Waals surface area contributed by atoms with Gasteiger partial charge in [0.05, 0.1) is 12.2 Å². The third-order valence-electron chi connectivity index (χ3n) is 7.63. The number of aryl methyl sites for hydroxylation is 2. The van der Waals surface area contributed by atoms with Crippen LogP contribution in [0.2, 0.25) is 0 Å². The molecule has 164 valence electrons. The first-order valence-electron chi connectivity index (χ1n) is 11.8. The largest absolute Gasteiger partial charge is 0.372 e. The normalized spacial score (nSPS) is 29.8. The van der Waals surface area contributed by atoms with Gasteiger partial charge < -0.3 is 14.2 Å². The van der Waals surface area contributed by atoms with Crippen molar-refractivity contribution in [3.05, 3.63) is 57.3 Å². The van der Waals surface area contributed by atoms with Crippen LogP contribution in [-0.4, -0.2) is 52.8 Å². The molecule has 0 aliphatic carbocycles. The maximum Gasteiger partial charge on any atom is 0.255 e. The summed E-state index contributed by atoms with van der Waals surface area (Å²) in [7, 11) is 0. The van der Waals surface area contributed by atoms with Crippen LogP contribution < -0.4 is 10.5 Å². The Morgan fingerprint density at radius 1 is 1.00 bits per heavy atom. The number of aromatic nitrogens is 2. The fourth-order valence-electron chi connectivity index (χ4n) is 6.39. The van der Waals surface area contributed by atoms with E-state index in [4.69, 9.17) is 4.74 Å². The minimum absolute atomic E-state index is 0.232. The predicted octanol–water partition coefficient (Wildman–Crippen LogP) is 2.85. The third kappa shape index (κ3) is 3.60. The first-order valence-corrected chi connectivity index (χ1v) is 11.8. The minimum atomic E-state index is 0.232. The number of nitrogens with zero attached hydrogens (tertiary/aromatic N) is 4. The van der Waals surface area contributed by atoms with Crippen LogP contribution in [0.3, 0.4) is 0 Å². The number of rotatable bonds is 3. The van der Waals surface area contributed by atoms with Crippen molar-refractivity contribution in [3.63, 3.8) is 0 Å². The predicted molar refractivity (Wildman–Crippen MR) is 121 cm³/mol. The quantitative estimate of drug-likeness (QED) is 0.764. The van der Waals surface area contributed by atoms with Gasteiger partial charge in [0, 0.05) is 73.5 Å². The van der Waals surface area contributed by atoms with E-state index in [2.05, 4.69) is 57.5 Å². The Labute approximate surface area is 183 Å². The highest BCUT2D eigenvalue weighted by Gasteiger charge is 2.36. The maximum absolute atomic E-state index is 13.4. The highest BCUT2D eigenvalue weighted by molar-refractivity contribution is 5.49. The summed E-state index contributed by atoms with van der Waals surface area (Å²) in [5.41, 5.74) is 5.82. The van der Waals surface area contributed by atoms with E-state index >= 15 is 0 Å². The fraction of sp³-hybridized carbons (Fsp3) is 0.600. The van der Waals surface area contributed by atoms with E-state index < -0.39 is 0 Å². The lowest BCUT2D eigenvalue weighted by molar-refractivity contribution is -0.0412. The second kappa shape index (κ2) is 7.45. The molecule has 3 fully saturated rings. The Balaban J connectivity index is 1.24. The molecule has 4 aliphatic heterocycles. The van der Waals surface area contributed by atoms with Crippen molar-refractivity contribution in [1.29, 1.82) is 0 Å². The first-order chi connectivity index (χ1) is 15.0. The Bertz CT molecular complexity index is 1030. The molecule has 2 aromatic heterocycles. The summed E-state index contributed by atoms with van der Waals surface area (Å²) in [5, 5.41) is 0. The van der Waals surface area contributed by atoms with Crippen LogP contribution in [0.25, 0.3) is 0 Å². The molecule has 0 amide bonds. The van der Waals surface area contributed by atoms with Gasteiger partial charge in [-0.25, -0.2) is 0 Å². The molecule has 6 rings (SSSR count). The summed E-state index contributed by atoms with van der Waals surface area (Å²) < 4.78 is 8.06. The summed E-state index contributed by atoms with van der Waals surface area (Å²) in [5.74, 6) is 0.939. The highest BCUT2D eigenvalue weighted by Crippen LogP contribution is 2.37. The van der Waals surface area contributed by atoms with Gasteiger partial charge in [0.25, 0.3) is 5.56 Å². The average molecular weight is 421 g/mol. The molecule has 0 N–H and O–H groups in total. The lowest BCUT2D eigenvalue weighted by Crippen LogP contribution is -2.48. The number of piperidine rings is 1. The van der Waals surface area contributed by atoms with Crippen molar-refractivity contribution in [3.8, 4) is 0 Å². The van der Waals surface area contributed by atoms with Gasteiger partial charge in [-0.05, 0) is 57.2 Å². The number of pyridine rings is 2. The molecule has 6 nitrogen and oxygen atoms in total. The van der Waals surface area contributed by atoms with Crippen molar-refractivity contribution in [2.24, 2.45) is 5.92 Å². The number of hydrogen-bond donors (Lipinski definition) is 0. The first kappa shape index (κ1) is 19.5. The molecular weight excluding hydrogens is 388 g/mol. The van der Waals surface area contributed by atoms with Crippen molar-refractivity contribution < 1.29 is 4.74 Å². The standard InChI is InChI=1S/C25H32N4O2/c1-16-7-21(8-17(2)26-16)28-10-18-9-20(13-28)24-6-3-19(25(30)29(24)11-18)12-27-14-22-4-5-23(15-27)31-22/h3,6-8,18,20,22-23H,4-5,9-15H2,1-2H3/t18-,20+,22-,23+/m0/s1. The van der Waals surface area contributed by atoms with Crippen molar-refractivity contribution in [2.75, 3.05) is 31.1 Å². The summed E-state index contributed by atoms with van der Waals surface area (Å²) >= 11 is 0. The highest BCUT2D eigenvalue weighted by atomic mass is 16.5. The van der Waals surface area contributed by atoms with E-state index in [1.54, 1.807) is 0 Å². The summed E-state index contributed by atoms with van der Waals surface area (Å²) in [4.78, 5) is 22.9. The van der Waals surface area contributed by atoms with Crippen LogP contribution in [0.1, 0.15) is 47.8 Å². The number of ether oxygens (including phenoxy) is 1. The monoisotopic (exact) mass is 420 g/mol. The molecule has 4 aliphatic rings. The molecule has 4 atom stereocenters. The van der Waals surface area contributed by atoms with E-state index in [0.717, 1.165) is 56.2 Å². The SMILES string of the molecule is Cc1cc(N2C[C@@H]3C[C@H](C2)c2ccc(CN4C[C@H]5CC[C@@H](C4)O5)c(=O)n2C3)cc(C)n1. The van der Waals surface area contributed by atoms with Crippen LogP contribution >= 0.6 is 0 Å². The molecule has 0 unspecified atom stereocenters. The van der Waals surface area contributed by atoms with Crippen LogP contribution in [0.4, 0.5) is 5.69 Å². The van der Waals surface area contributed by atoms with Crippen LogP contribution in [0, 0.1) is 19.8 Å². The molecule has 0 aromatic carbocycles. The summed E-state index contributed by atoms with van der Waals surface area (Å²) in [6, 6.07) is 8.73. The number of likely N-dealkylation sites (tertiary alicyclic amines) is 1. The Kier molecular flexibility index (Phi) is 4.69. The molecule has 0 spiro atoms. The molecule has 31 heavy (non-hydrogen) atoms. The lowest BCUT2D eigenvalue weighted by atomic mass is 9.82. The van der Waals surface area contributed by atoms with Crippen LogP contribution in [-0.2, 0) is 17.8 Å². The Hall–Kier alpha value is -2.18. The molecule has 6 heterocycles. The topological polar surface area (TPSA) is 50.6 Å². The molecule has 0 radical (unpaired) electrons.